The molecule has 0 aliphatic carbocycles. The van der Waals surface area contributed by atoms with E-state index in [1.807, 2.05) is 19.9 Å². The maximum atomic E-state index is 10.9. The second-order valence-electron chi connectivity index (χ2n) is 4.76. The highest BCUT2D eigenvalue weighted by Crippen LogP contribution is 2.31. The van der Waals surface area contributed by atoms with Gasteiger partial charge in [0.05, 0.1) is 16.0 Å². The molecule has 6 heteroatoms. The molecule has 1 heterocycles. The molecule has 0 aliphatic rings. The quantitative estimate of drug-likeness (QED) is 0.502. The van der Waals surface area contributed by atoms with Gasteiger partial charge < -0.3 is 5.43 Å². The molecule has 0 saturated carbocycles. The van der Waals surface area contributed by atoms with Gasteiger partial charge in [0.2, 0.25) is 0 Å². The van der Waals surface area contributed by atoms with Crippen molar-refractivity contribution in [2.24, 2.45) is 5.84 Å². The van der Waals surface area contributed by atoms with Gasteiger partial charge in [0.1, 0.15) is 5.82 Å². The molecular formula is C13H16N4O2. The van der Waals surface area contributed by atoms with Crippen molar-refractivity contribution in [3.8, 4) is 0 Å². The molecule has 0 saturated heterocycles. The maximum absolute atomic E-state index is 10.9. The first kappa shape index (κ1) is 13.2. The first-order chi connectivity index (χ1) is 8.95. The Labute approximate surface area is 110 Å². The fourth-order valence-corrected chi connectivity index (χ4v) is 2.14. The molecule has 100 valence electrons. The Hall–Kier alpha value is -2.21. The molecule has 0 aliphatic heterocycles. The normalized spacial score (nSPS) is 11.0. The van der Waals surface area contributed by atoms with Crippen LogP contribution in [0.2, 0.25) is 0 Å². The Morgan fingerprint density at radius 3 is 2.63 bits per heavy atom. The van der Waals surface area contributed by atoms with Gasteiger partial charge in [-0.25, -0.2) is 10.8 Å². The van der Waals surface area contributed by atoms with Gasteiger partial charge in [-0.05, 0) is 30.5 Å². The van der Waals surface area contributed by atoms with Gasteiger partial charge in [-0.2, -0.15) is 0 Å². The number of rotatable bonds is 3. The van der Waals surface area contributed by atoms with Gasteiger partial charge in [0, 0.05) is 11.5 Å². The lowest BCUT2D eigenvalue weighted by Gasteiger charge is -2.13. The summed E-state index contributed by atoms with van der Waals surface area (Å²) in [5, 5.41) is 11.8. The number of nitrogen functional groups attached to an aromatic ring is 1. The van der Waals surface area contributed by atoms with E-state index in [0.29, 0.717) is 16.9 Å². The van der Waals surface area contributed by atoms with E-state index in [9.17, 15) is 10.1 Å². The van der Waals surface area contributed by atoms with E-state index in [4.69, 9.17) is 5.84 Å². The standard InChI is InChI=1S/C13H16N4O2/c1-7(2)10-6-9-4-5-11(17(18)19)8(3)12(9)15-13(10)16-14/h4-7H,14H2,1-3H3,(H,15,16). The summed E-state index contributed by atoms with van der Waals surface area (Å²) in [6, 6.07) is 5.21. The minimum atomic E-state index is -0.400. The number of hydrogen-bond acceptors (Lipinski definition) is 5. The first-order valence-corrected chi connectivity index (χ1v) is 6.01. The zero-order valence-electron chi connectivity index (χ0n) is 11.1. The van der Waals surface area contributed by atoms with Crippen LogP contribution < -0.4 is 11.3 Å². The third kappa shape index (κ3) is 2.22. The molecule has 6 nitrogen and oxygen atoms in total. The molecule has 19 heavy (non-hydrogen) atoms. The number of nitrogens with zero attached hydrogens (tertiary/aromatic N) is 2. The number of pyridine rings is 1. The minimum Gasteiger partial charge on any atom is -0.308 e. The van der Waals surface area contributed by atoms with E-state index < -0.39 is 4.92 Å². The molecular weight excluding hydrogens is 244 g/mol. The number of nitro groups is 1. The number of nitro benzene ring substituents is 1. The van der Waals surface area contributed by atoms with Gasteiger partial charge in [-0.15, -0.1) is 0 Å². The number of nitrogens with two attached hydrogens (primary N) is 1. The molecule has 0 amide bonds. The van der Waals surface area contributed by atoms with E-state index in [0.717, 1.165) is 10.9 Å². The lowest BCUT2D eigenvalue weighted by atomic mass is 10.00. The predicted molar refractivity (Wildman–Crippen MR) is 75.0 cm³/mol. The fraction of sp³-hybridized carbons (Fsp3) is 0.308. The monoisotopic (exact) mass is 260 g/mol. The molecule has 0 unspecified atom stereocenters. The summed E-state index contributed by atoms with van der Waals surface area (Å²) in [6.45, 7) is 5.78. The van der Waals surface area contributed by atoms with Crippen molar-refractivity contribution >= 4 is 22.4 Å². The van der Waals surface area contributed by atoms with Gasteiger partial charge in [-0.3, -0.25) is 10.1 Å². The number of hydrazine groups is 1. The number of nitrogens with one attached hydrogen (secondary N) is 1. The summed E-state index contributed by atoms with van der Waals surface area (Å²) in [5.41, 5.74) is 4.78. The summed E-state index contributed by atoms with van der Waals surface area (Å²) < 4.78 is 0. The molecule has 2 aromatic rings. The molecule has 3 N–H and O–H groups in total. The van der Waals surface area contributed by atoms with Crippen LogP contribution >= 0.6 is 0 Å². The van der Waals surface area contributed by atoms with Crippen molar-refractivity contribution in [3.63, 3.8) is 0 Å². The largest absolute Gasteiger partial charge is 0.308 e. The fourth-order valence-electron chi connectivity index (χ4n) is 2.14. The SMILES string of the molecule is Cc1c([N+](=O)[O-])ccc2cc(C(C)C)c(NN)nc12. The predicted octanol–water partition coefficient (Wildman–Crippen LogP) is 2.86. The van der Waals surface area contributed by atoms with E-state index in [1.165, 1.54) is 6.07 Å². The molecule has 0 atom stereocenters. The summed E-state index contributed by atoms with van der Waals surface area (Å²) >= 11 is 0. The Morgan fingerprint density at radius 2 is 2.11 bits per heavy atom. The van der Waals surface area contributed by atoms with Crippen LogP contribution in [0.25, 0.3) is 10.9 Å². The number of aromatic nitrogens is 1. The Kier molecular flexibility index (Phi) is 3.35. The van der Waals surface area contributed by atoms with E-state index >= 15 is 0 Å². The number of aryl methyl sites for hydroxylation is 1. The van der Waals surface area contributed by atoms with Crippen LogP contribution in [0, 0.1) is 17.0 Å². The third-order valence-corrected chi connectivity index (χ3v) is 3.20. The Morgan fingerprint density at radius 1 is 1.42 bits per heavy atom. The van der Waals surface area contributed by atoms with Gasteiger partial charge >= 0.3 is 0 Å². The van der Waals surface area contributed by atoms with Crippen molar-refractivity contribution in [1.82, 2.24) is 4.98 Å². The lowest BCUT2D eigenvalue weighted by molar-refractivity contribution is -0.385. The third-order valence-electron chi connectivity index (χ3n) is 3.20. The minimum absolute atomic E-state index is 0.0697. The van der Waals surface area contributed by atoms with Crippen LogP contribution in [0.1, 0.15) is 30.9 Å². The van der Waals surface area contributed by atoms with E-state index in [-0.39, 0.29) is 11.6 Å². The lowest BCUT2D eigenvalue weighted by Crippen LogP contribution is -2.12. The summed E-state index contributed by atoms with van der Waals surface area (Å²) in [7, 11) is 0. The van der Waals surface area contributed by atoms with Crippen molar-refractivity contribution in [2.75, 3.05) is 5.43 Å². The molecule has 1 aromatic heterocycles. The second-order valence-corrected chi connectivity index (χ2v) is 4.76. The van der Waals surface area contributed by atoms with Crippen molar-refractivity contribution in [1.29, 1.82) is 0 Å². The topological polar surface area (TPSA) is 94.1 Å². The summed E-state index contributed by atoms with van der Waals surface area (Å²) in [5.74, 6) is 6.30. The number of hydrogen-bond donors (Lipinski definition) is 2. The van der Waals surface area contributed by atoms with Crippen LogP contribution in [0.5, 0.6) is 0 Å². The van der Waals surface area contributed by atoms with Crippen LogP contribution in [0.4, 0.5) is 11.5 Å². The highest BCUT2D eigenvalue weighted by Gasteiger charge is 2.16. The van der Waals surface area contributed by atoms with Crippen LogP contribution in [0.3, 0.4) is 0 Å². The summed E-state index contributed by atoms with van der Waals surface area (Å²) in [6.07, 6.45) is 0. The van der Waals surface area contributed by atoms with Crippen molar-refractivity contribution in [3.05, 3.63) is 39.4 Å². The number of benzene rings is 1. The summed E-state index contributed by atoms with van der Waals surface area (Å²) in [4.78, 5) is 14.9. The molecule has 0 spiro atoms. The average Bonchev–Trinajstić information content (AvgIpc) is 2.37. The molecule has 0 fully saturated rings. The van der Waals surface area contributed by atoms with Crippen LogP contribution in [-0.2, 0) is 0 Å². The first-order valence-electron chi connectivity index (χ1n) is 6.01. The molecule has 0 radical (unpaired) electrons. The number of fused-ring (bicyclic) bond motifs is 1. The van der Waals surface area contributed by atoms with Crippen molar-refractivity contribution < 1.29 is 4.92 Å². The molecule has 2 rings (SSSR count). The molecule has 0 bridgehead atoms. The zero-order chi connectivity index (χ0) is 14.2. The van der Waals surface area contributed by atoms with Crippen LogP contribution in [0.15, 0.2) is 18.2 Å². The van der Waals surface area contributed by atoms with Gasteiger partial charge in [0.15, 0.2) is 0 Å². The highest BCUT2D eigenvalue weighted by atomic mass is 16.6. The number of anilines is 1. The maximum Gasteiger partial charge on any atom is 0.274 e. The Balaban J connectivity index is 2.78. The van der Waals surface area contributed by atoms with E-state index in [2.05, 4.69) is 10.4 Å². The average molecular weight is 260 g/mol. The van der Waals surface area contributed by atoms with Crippen LogP contribution in [-0.4, -0.2) is 9.91 Å². The second kappa shape index (κ2) is 4.81. The smallest absolute Gasteiger partial charge is 0.274 e. The zero-order valence-corrected chi connectivity index (χ0v) is 11.1. The van der Waals surface area contributed by atoms with Gasteiger partial charge in [0.25, 0.3) is 5.69 Å². The Bertz CT molecular complexity index is 653. The molecule has 1 aromatic carbocycles. The highest BCUT2D eigenvalue weighted by molar-refractivity contribution is 5.87. The van der Waals surface area contributed by atoms with Gasteiger partial charge in [-0.1, -0.05) is 13.8 Å². The van der Waals surface area contributed by atoms with Crippen molar-refractivity contribution in [2.45, 2.75) is 26.7 Å². The van der Waals surface area contributed by atoms with E-state index in [1.54, 1.807) is 13.0 Å².